The SMILES string of the molecule is CNCc1ccc2c(ccn2CCC2CCCO2)c1. The third kappa shape index (κ3) is 2.82. The fourth-order valence-electron chi connectivity index (χ4n) is 2.91. The minimum Gasteiger partial charge on any atom is -0.378 e. The van der Waals surface area contributed by atoms with Gasteiger partial charge in [0, 0.05) is 31.4 Å². The summed E-state index contributed by atoms with van der Waals surface area (Å²) in [6.07, 6.45) is 6.25. The van der Waals surface area contributed by atoms with Crippen LogP contribution in [0.25, 0.3) is 10.9 Å². The Balaban J connectivity index is 1.72. The first-order chi connectivity index (χ1) is 9.36. The molecular formula is C16H22N2O. The summed E-state index contributed by atoms with van der Waals surface area (Å²) in [6, 6.07) is 8.93. The van der Waals surface area contributed by atoms with E-state index in [1.807, 2.05) is 7.05 Å². The molecule has 1 fully saturated rings. The average Bonchev–Trinajstić information content (AvgIpc) is 3.05. The maximum Gasteiger partial charge on any atom is 0.0593 e. The predicted octanol–water partition coefficient (Wildman–Crippen LogP) is 2.93. The minimum absolute atomic E-state index is 0.473. The number of nitrogens with one attached hydrogen (secondary N) is 1. The fourth-order valence-corrected chi connectivity index (χ4v) is 2.91. The third-order valence-electron chi connectivity index (χ3n) is 3.93. The lowest BCUT2D eigenvalue weighted by Crippen LogP contribution is -2.09. The Hall–Kier alpha value is -1.32. The van der Waals surface area contributed by atoms with Gasteiger partial charge in [-0.3, -0.25) is 0 Å². The van der Waals surface area contributed by atoms with Crippen LogP contribution < -0.4 is 5.32 Å². The van der Waals surface area contributed by atoms with Gasteiger partial charge in [0.1, 0.15) is 0 Å². The van der Waals surface area contributed by atoms with Crippen LogP contribution >= 0.6 is 0 Å². The second-order valence-electron chi connectivity index (χ2n) is 5.36. The van der Waals surface area contributed by atoms with Crippen molar-refractivity contribution in [3.05, 3.63) is 36.0 Å². The molecule has 19 heavy (non-hydrogen) atoms. The minimum atomic E-state index is 0.473. The molecule has 1 atom stereocenters. The Bertz CT molecular complexity index is 541. The molecule has 0 bridgehead atoms. The molecule has 0 amide bonds. The van der Waals surface area contributed by atoms with Crippen LogP contribution in [0.5, 0.6) is 0 Å². The molecular weight excluding hydrogens is 236 g/mol. The highest BCUT2D eigenvalue weighted by Crippen LogP contribution is 2.21. The van der Waals surface area contributed by atoms with Crippen molar-refractivity contribution < 1.29 is 4.74 Å². The smallest absolute Gasteiger partial charge is 0.0593 e. The van der Waals surface area contributed by atoms with E-state index in [1.54, 1.807) is 0 Å². The van der Waals surface area contributed by atoms with Crippen molar-refractivity contribution in [2.45, 2.75) is 38.5 Å². The molecule has 1 aromatic carbocycles. The molecule has 1 saturated heterocycles. The number of benzene rings is 1. The maximum absolute atomic E-state index is 5.69. The molecule has 0 radical (unpaired) electrons. The molecule has 3 heteroatoms. The largest absolute Gasteiger partial charge is 0.378 e. The van der Waals surface area contributed by atoms with Crippen molar-refractivity contribution in [2.75, 3.05) is 13.7 Å². The van der Waals surface area contributed by atoms with Gasteiger partial charge >= 0.3 is 0 Å². The second kappa shape index (κ2) is 5.76. The van der Waals surface area contributed by atoms with Crippen LogP contribution in [0.4, 0.5) is 0 Å². The lowest BCUT2D eigenvalue weighted by atomic mass is 10.1. The molecule has 0 aliphatic carbocycles. The summed E-state index contributed by atoms with van der Waals surface area (Å²) in [5.41, 5.74) is 2.67. The average molecular weight is 258 g/mol. The highest BCUT2D eigenvalue weighted by molar-refractivity contribution is 5.80. The number of hydrogen-bond donors (Lipinski definition) is 1. The van der Waals surface area contributed by atoms with Gasteiger partial charge in [-0.15, -0.1) is 0 Å². The Morgan fingerprint density at radius 3 is 3.11 bits per heavy atom. The van der Waals surface area contributed by atoms with E-state index in [9.17, 15) is 0 Å². The molecule has 2 heterocycles. The van der Waals surface area contributed by atoms with Crippen molar-refractivity contribution in [2.24, 2.45) is 0 Å². The quantitative estimate of drug-likeness (QED) is 0.892. The van der Waals surface area contributed by atoms with E-state index in [-0.39, 0.29) is 0 Å². The van der Waals surface area contributed by atoms with Crippen LogP contribution in [-0.2, 0) is 17.8 Å². The lowest BCUT2D eigenvalue weighted by Gasteiger charge is -2.11. The number of fused-ring (bicyclic) bond motifs is 1. The van der Waals surface area contributed by atoms with E-state index in [2.05, 4.69) is 40.3 Å². The van der Waals surface area contributed by atoms with Gasteiger partial charge in [-0.2, -0.15) is 0 Å². The number of aromatic nitrogens is 1. The summed E-state index contributed by atoms with van der Waals surface area (Å²) in [6.45, 7) is 2.93. The van der Waals surface area contributed by atoms with E-state index < -0.39 is 0 Å². The second-order valence-corrected chi connectivity index (χ2v) is 5.36. The molecule has 3 nitrogen and oxygen atoms in total. The van der Waals surface area contributed by atoms with Crippen molar-refractivity contribution in [1.29, 1.82) is 0 Å². The van der Waals surface area contributed by atoms with Gasteiger partial charge in [0.15, 0.2) is 0 Å². The zero-order chi connectivity index (χ0) is 13.1. The van der Waals surface area contributed by atoms with E-state index >= 15 is 0 Å². The first-order valence-corrected chi connectivity index (χ1v) is 7.21. The molecule has 1 aliphatic heterocycles. The van der Waals surface area contributed by atoms with Crippen LogP contribution in [0.3, 0.4) is 0 Å². The summed E-state index contributed by atoms with van der Waals surface area (Å²) < 4.78 is 8.04. The zero-order valence-corrected chi connectivity index (χ0v) is 11.6. The van der Waals surface area contributed by atoms with Gasteiger partial charge in [0.25, 0.3) is 0 Å². The topological polar surface area (TPSA) is 26.2 Å². The van der Waals surface area contributed by atoms with Crippen LogP contribution in [0.1, 0.15) is 24.8 Å². The monoisotopic (exact) mass is 258 g/mol. The van der Waals surface area contributed by atoms with Crippen LogP contribution in [0, 0.1) is 0 Å². The first kappa shape index (κ1) is 12.7. The van der Waals surface area contributed by atoms with E-state index in [1.165, 1.54) is 29.3 Å². The number of ether oxygens (including phenoxy) is 1. The first-order valence-electron chi connectivity index (χ1n) is 7.21. The van der Waals surface area contributed by atoms with E-state index in [0.717, 1.165) is 26.1 Å². The summed E-state index contributed by atoms with van der Waals surface area (Å²) in [7, 11) is 1.98. The summed E-state index contributed by atoms with van der Waals surface area (Å²) in [5, 5.41) is 4.53. The maximum atomic E-state index is 5.69. The molecule has 0 spiro atoms. The normalized spacial score (nSPS) is 19.3. The van der Waals surface area contributed by atoms with Gasteiger partial charge in [0.05, 0.1) is 6.10 Å². The van der Waals surface area contributed by atoms with E-state index in [4.69, 9.17) is 4.74 Å². The molecule has 0 saturated carbocycles. The summed E-state index contributed by atoms with van der Waals surface area (Å²) >= 11 is 0. The molecule has 2 aromatic rings. The van der Waals surface area contributed by atoms with Gasteiger partial charge in [0.2, 0.25) is 0 Å². The van der Waals surface area contributed by atoms with Crippen LogP contribution in [-0.4, -0.2) is 24.3 Å². The highest BCUT2D eigenvalue weighted by atomic mass is 16.5. The Morgan fingerprint density at radius 1 is 1.37 bits per heavy atom. The number of aryl methyl sites for hydroxylation is 1. The van der Waals surface area contributed by atoms with Crippen molar-refractivity contribution in [3.63, 3.8) is 0 Å². The number of rotatable bonds is 5. The Kier molecular flexibility index (Phi) is 3.85. The Labute approximate surface area is 114 Å². The van der Waals surface area contributed by atoms with Crippen molar-refractivity contribution in [3.8, 4) is 0 Å². The van der Waals surface area contributed by atoms with Crippen molar-refractivity contribution in [1.82, 2.24) is 9.88 Å². The van der Waals surface area contributed by atoms with Crippen molar-refractivity contribution >= 4 is 10.9 Å². The molecule has 1 aliphatic rings. The zero-order valence-electron chi connectivity index (χ0n) is 11.6. The number of nitrogens with zero attached hydrogens (tertiary/aromatic N) is 1. The molecule has 1 aromatic heterocycles. The van der Waals surface area contributed by atoms with Crippen LogP contribution in [0.15, 0.2) is 30.5 Å². The fraction of sp³-hybridized carbons (Fsp3) is 0.500. The van der Waals surface area contributed by atoms with Gasteiger partial charge in [-0.05, 0) is 55.5 Å². The van der Waals surface area contributed by atoms with Gasteiger partial charge < -0.3 is 14.6 Å². The summed E-state index contributed by atoms with van der Waals surface area (Å²) in [5.74, 6) is 0. The van der Waals surface area contributed by atoms with Crippen LogP contribution in [0.2, 0.25) is 0 Å². The van der Waals surface area contributed by atoms with E-state index in [0.29, 0.717) is 6.10 Å². The summed E-state index contributed by atoms with van der Waals surface area (Å²) in [4.78, 5) is 0. The molecule has 1 unspecified atom stereocenters. The standard InChI is InChI=1S/C16H22N2O/c1-17-12-13-4-5-16-14(11-13)6-8-18(16)9-7-15-3-2-10-19-15/h4-6,8,11,15,17H,2-3,7,9-10,12H2,1H3. The van der Waals surface area contributed by atoms with Gasteiger partial charge in [-0.1, -0.05) is 6.07 Å². The van der Waals surface area contributed by atoms with Gasteiger partial charge in [-0.25, -0.2) is 0 Å². The molecule has 3 rings (SSSR count). The third-order valence-corrected chi connectivity index (χ3v) is 3.93. The predicted molar refractivity (Wildman–Crippen MR) is 78.3 cm³/mol. The Morgan fingerprint density at radius 2 is 2.32 bits per heavy atom. The highest BCUT2D eigenvalue weighted by Gasteiger charge is 2.15. The lowest BCUT2D eigenvalue weighted by molar-refractivity contribution is 0.101. The molecule has 102 valence electrons. The number of hydrogen-bond acceptors (Lipinski definition) is 2. The molecule has 1 N–H and O–H groups in total.